The van der Waals surface area contributed by atoms with Crippen molar-refractivity contribution in [3.63, 3.8) is 0 Å². The van der Waals surface area contributed by atoms with Crippen molar-refractivity contribution in [1.82, 2.24) is 4.90 Å². The van der Waals surface area contributed by atoms with E-state index in [9.17, 15) is 4.39 Å². The number of likely N-dealkylation sites (tertiary alicyclic amines) is 1. The highest BCUT2D eigenvalue weighted by atomic mass is 19.1. The molecule has 1 heterocycles. The van der Waals surface area contributed by atoms with E-state index in [0.29, 0.717) is 0 Å². The van der Waals surface area contributed by atoms with E-state index >= 15 is 0 Å². The SMILES string of the molecule is Bc1ccc(C2(C=C)CCN(C)CC2)c(F)c1. The summed E-state index contributed by atoms with van der Waals surface area (Å²) in [7, 11) is 4.03. The summed E-state index contributed by atoms with van der Waals surface area (Å²) in [5.74, 6) is -0.0885. The Morgan fingerprint density at radius 2 is 2.06 bits per heavy atom. The topological polar surface area (TPSA) is 3.24 Å². The van der Waals surface area contributed by atoms with E-state index in [1.807, 2.05) is 26.1 Å². The van der Waals surface area contributed by atoms with E-state index in [0.717, 1.165) is 37.0 Å². The molecule has 0 aromatic heterocycles. The standard InChI is InChI=1S/C14H19BFN/c1-3-14(6-8-17(2)9-7-14)12-5-4-11(15)10-13(12)16/h3-5,10H,1,6-9,15H2,2H3. The summed E-state index contributed by atoms with van der Waals surface area (Å²) in [6.07, 6.45) is 3.84. The van der Waals surface area contributed by atoms with Crippen LogP contribution in [0.2, 0.25) is 0 Å². The summed E-state index contributed by atoms with van der Waals surface area (Å²) in [4.78, 5) is 2.29. The van der Waals surface area contributed by atoms with Gasteiger partial charge in [-0.3, -0.25) is 0 Å². The highest BCUT2D eigenvalue weighted by molar-refractivity contribution is 6.32. The lowest BCUT2D eigenvalue weighted by molar-refractivity contribution is 0.215. The zero-order chi connectivity index (χ0) is 12.5. The van der Waals surface area contributed by atoms with Crippen LogP contribution in [-0.4, -0.2) is 32.9 Å². The lowest BCUT2D eigenvalue weighted by Gasteiger charge is -2.39. The minimum absolute atomic E-state index is 0.0885. The van der Waals surface area contributed by atoms with E-state index in [4.69, 9.17) is 0 Å². The first-order valence-corrected chi connectivity index (χ1v) is 6.16. The van der Waals surface area contributed by atoms with Crippen molar-refractivity contribution in [3.05, 3.63) is 42.2 Å². The third kappa shape index (κ3) is 2.30. The number of rotatable bonds is 2. The van der Waals surface area contributed by atoms with Gasteiger partial charge in [0.2, 0.25) is 0 Å². The van der Waals surface area contributed by atoms with Crippen LogP contribution in [-0.2, 0) is 5.41 Å². The first-order chi connectivity index (χ1) is 8.07. The van der Waals surface area contributed by atoms with Gasteiger partial charge in [0, 0.05) is 5.41 Å². The van der Waals surface area contributed by atoms with Crippen molar-refractivity contribution in [1.29, 1.82) is 0 Å². The largest absolute Gasteiger partial charge is 0.306 e. The molecule has 17 heavy (non-hydrogen) atoms. The second kappa shape index (κ2) is 4.65. The number of piperidine rings is 1. The second-order valence-electron chi connectivity index (χ2n) is 5.15. The van der Waals surface area contributed by atoms with Gasteiger partial charge in [-0.2, -0.15) is 0 Å². The van der Waals surface area contributed by atoms with Crippen molar-refractivity contribution >= 4 is 13.3 Å². The van der Waals surface area contributed by atoms with Gasteiger partial charge in [-0.25, -0.2) is 4.39 Å². The smallest absolute Gasteiger partial charge is 0.139 e. The monoisotopic (exact) mass is 231 g/mol. The third-order valence-corrected chi connectivity index (χ3v) is 3.93. The zero-order valence-corrected chi connectivity index (χ0v) is 10.7. The number of allylic oxidation sites excluding steroid dienone is 1. The summed E-state index contributed by atoms with van der Waals surface area (Å²) in [6, 6.07) is 5.54. The van der Waals surface area contributed by atoms with E-state index in [1.165, 1.54) is 0 Å². The van der Waals surface area contributed by atoms with Crippen molar-refractivity contribution in [2.45, 2.75) is 18.3 Å². The Morgan fingerprint density at radius 1 is 1.41 bits per heavy atom. The fourth-order valence-electron chi connectivity index (χ4n) is 2.62. The highest BCUT2D eigenvalue weighted by Crippen LogP contribution is 2.37. The van der Waals surface area contributed by atoms with E-state index in [1.54, 1.807) is 6.07 Å². The third-order valence-electron chi connectivity index (χ3n) is 3.93. The Kier molecular flexibility index (Phi) is 3.39. The Bertz CT molecular complexity index is 422. The minimum Gasteiger partial charge on any atom is -0.306 e. The van der Waals surface area contributed by atoms with Gasteiger partial charge in [0.25, 0.3) is 0 Å². The molecule has 3 heteroatoms. The summed E-state index contributed by atoms with van der Waals surface area (Å²) in [6.45, 7) is 5.93. The lowest BCUT2D eigenvalue weighted by atomic mass is 9.72. The molecule has 0 bridgehead atoms. The first-order valence-electron chi connectivity index (χ1n) is 6.16. The van der Waals surface area contributed by atoms with Crippen LogP contribution in [0.1, 0.15) is 18.4 Å². The van der Waals surface area contributed by atoms with Crippen LogP contribution in [0.4, 0.5) is 4.39 Å². The average molecular weight is 231 g/mol. The average Bonchev–Trinajstić information content (AvgIpc) is 2.31. The number of hydrogen-bond acceptors (Lipinski definition) is 1. The molecule has 0 radical (unpaired) electrons. The zero-order valence-electron chi connectivity index (χ0n) is 10.7. The first kappa shape index (κ1) is 12.4. The Hall–Kier alpha value is -1.09. The van der Waals surface area contributed by atoms with Crippen molar-refractivity contribution in [2.75, 3.05) is 20.1 Å². The van der Waals surface area contributed by atoms with Crippen molar-refractivity contribution in [3.8, 4) is 0 Å². The van der Waals surface area contributed by atoms with Crippen molar-refractivity contribution < 1.29 is 4.39 Å². The van der Waals surface area contributed by atoms with E-state index < -0.39 is 0 Å². The molecule has 1 saturated heterocycles. The quantitative estimate of drug-likeness (QED) is 0.546. The molecule has 1 aromatic carbocycles. The molecule has 1 aromatic rings. The van der Waals surface area contributed by atoms with Crippen LogP contribution in [0, 0.1) is 5.82 Å². The fraction of sp³-hybridized carbons (Fsp3) is 0.429. The molecule has 90 valence electrons. The number of halogens is 1. The highest BCUT2D eigenvalue weighted by Gasteiger charge is 2.34. The van der Waals surface area contributed by atoms with Gasteiger partial charge in [-0.05, 0) is 44.6 Å². The molecule has 1 fully saturated rings. The molecular formula is C14H19BFN. The summed E-state index contributed by atoms with van der Waals surface area (Å²) >= 11 is 0. The maximum atomic E-state index is 14.1. The number of hydrogen-bond donors (Lipinski definition) is 0. The Morgan fingerprint density at radius 3 is 2.59 bits per heavy atom. The Balaban J connectivity index is 2.38. The van der Waals surface area contributed by atoms with Gasteiger partial charge < -0.3 is 4.90 Å². The van der Waals surface area contributed by atoms with Crippen LogP contribution in [0.25, 0.3) is 0 Å². The normalized spacial score (nSPS) is 20.1. The van der Waals surface area contributed by atoms with Gasteiger partial charge in [-0.15, -0.1) is 6.58 Å². The molecule has 0 spiro atoms. The van der Waals surface area contributed by atoms with Crippen LogP contribution < -0.4 is 5.46 Å². The van der Waals surface area contributed by atoms with Crippen LogP contribution in [0.5, 0.6) is 0 Å². The molecule has 1 aliphatic heterocycles. The van der Waals surface area contributed by atoms with Crippen molar-refractivity contribution in [2.24, 2.45) is 0 Å². The van der Waals surface area contributed by atoms with E-state index in [2.05, 4.69) is 18.5 Å². The van der Waals surface area contributed by atoms with Crippen LogP contribution in [0.15, 0.2) is 30.9 Å². The number of nitrogens with zero attached hydrogens (tertiary/aromatic N) is 1. The molecule has 0 saturated carbocycles. The molecule has 0 N–H and O–H groups in total. The molecule has 0 aliphatic carbocycles. The predicted octanol–water partition coefficient (Wildman–Crippen LogP) is 1.23. The van der Waals surface area contributed by atoms with Gasteiger partial charge >= 0.3 is 0 Å². The summed E-state index contributed by atoms with van der Waals surface area (Å²) < 4.78 is 14.1. The molecular weight excluding hydrogens is 212 g/mol. The maximum Gasteiger partial charge on any atom is 0.139 e. The van der Waals surface area contributed by atoms with Crippen LogP contribution in [0.3, 0.4) is 0 Å². The molecule has 1 nitrogen and oxygen atoms in total. The van der Waals surface area contributed by atoms with Crippen LogP contribution >= 0.6 is 0 Å². The molecule has 0 atom stereocenters. The summed E-state index contributed by atoms with van der Waals surface area (Å²) in [5.41, 5.74) is 1.61. The molecule has 2 rings (SSSR count). The van der Waals surface area contributed by atoms with E-state index in [-0.39, 0.29) is 11.2 Å². The molecule has 1 aliphatic rings. The van der Waals surface area contributed by atoms with Gasteiger partial charge in [0.1, 0.15) is 13.7 Å². The van der Waals surface area contributed by atoms with Gasteiger partial charge in [0.05, 0.1) is 0 Å². The molecule has 0 unspecified atom stereocenters. The Labute approximate surface area is 104 Å². The van der Waals surface area contributed by atoms with Gasteiger partial charge in [-0.1, -0.05) is 23.7 Å². The fourth-order valence-corrected chi connectivity index (χ4v) is 2.62. The number of benzene rings is 1. The van der Waals surface area contributed by atoms with Gasteiger partial charge in [0.15, 0.2) is 0 Å². The molecule has 0 amide bonds. The second-order valence-corrected chi connectivity index (χ2v) is 5.15. The minimum atomic E-state index is -0.176. The predicted molar refractivity (Wildman–Crippen MR) is 73.2 cm³/mol. The maximum absolute atomic E-state index is 14.1. The summed E-state index contributed by atoms with van der Waals surface area (Å²) in [5, 5.41) is 0. The lowest BCUT2D eigenvalue weighted by Crippen LogP contribution is -2.40.